The first-order valence-electron chi connectivity index (χ1n) is 8.01. The molecule has 2 heterocycles. The van der Waals surface area contributed by atoms with Gasteiger partial charge in [0.2, 0.25) is 5.95 Å². The monoisotopic (exact) mass is 274 g/mol. The van der Waals surface area contributed by atoms with Crippen LogP contribution in [-0.2, 0) is 0 Å². The molecule has 1 aliphatic carbocycles. The second-order valence-corrected chi connectivity index (χ2v) is 6.56. The van der Waals surface area contributed by atoms with Crippen molar-refractivity contribution >= 4 is 5.95 Å². The molecule has 20 heavy (non-hydrogen) atoms. The summed E-state index contributed by atoms with van der Waals surface area (Å²) in [6, 6.07) is 0. The summed E-state index contributed by atoms with van der Waals surface area (Å²) in [5.74, 6) is 2.80. The largest absolute Gasteiger partial charge is 0.341 e. The molecular weight excluding hydrogens is 248 g/mol. The topological polar surface area (TPSA) is 55.0 Å². The van der Waals surface area contributed by atoms with Gasteiger partial charge >= 0.3 is 0 Å². The summed E-state index contributed by atoms with van der Waals surface area (Å²) in [7, 11) is 0. The third-order valence-electron chi connectivity index (χ3n) is 5.10. The van der Waals surface area contributed by atoms with Gasteiger partial charge in [0.15, 0.2) is 0 Å². The summed E-state index contributed by atoms with van der Waals surface area (Å²) in [5.41, 5.74) is 8.41. The Balaban J connectivity index is 1.80. The molecular formula is C16H26N4. The Hall–Kier alpha value is -1.16. The van der Waals surface area contributed by atoms with E-state index >= 15 is 0 Å². The fraction of sp³-hybridized carbons (Fsp3) is 0.750. The van der Waals surface area contributed by atoms with Crippen molar-refractivity contribution in [1.29, 1.82) is 0 Å². The number of hydrogen-bond donors (Lipinski definition) is 1. The first-order valence-corrected chi connectivity index (χ1v) is 8.01. The Morgan fingerprint density at radius 1 is 1.15 bits per heavy atom. The van der Waals surface area contributed by atoms with E-state index in [1.54, 1.807) is 0 Å². The van der Waals surface area contributed by atoms with Gasteiger partial charge in [-0.3, -0.25) is 0 Å². The molecule has 0 bridgehead atoms. The molecule has 1 aromatic heterocycles. The molecule has 2 N–H and O–H groups in total. The third kappa shape index (κ3) is 2.53. The van der Waals surface area contributed by atoms with Crippen LogP contribution in [0.4, 0.5) is 5.95 Å². The average Bonchev–Trinajstić information content (AvgIpc) is 2.51. The van der Waals surface area contributed by atoms with E-state index in [9.17, 15) is 0 Å². The Labute approximate surface area is 121 Å². The molecule has 0 spiro atoms. The van der Waals surface area contributed by atoms with Gasteiger partial charge < -0.3 is 10.6 Å². The zero-order valence-electron chi connectivity index (χ0n) is 12.7. The van der Waals surface area contributed by atoms with Crippen molar-refractivity contribution in [1.82, 2.24) is 9.97 Å². The highest BCUT2D eigenvalue weighted by Crippen LogP contribution is 2.37. The van der Waals surface area contributed by atoms with Gasteiger partial charge in [-0.05, 0) is 55.5 Å². The minimum absolute atomic E-state index is 0.574. The predicted octanol–water partition coefficient (Wildman–Crippen LogP) is 2.65. The third-order valence-corrected chi connectivity index (χ3v) is 5.10. The molecule has 2 unspecified atom stereocenters. The number of nitrogens with two attached hydrogens (primary N) is 1. The van der Waals surface area contributed by atoms with Crippen molar-refractivity contribution in [2.45, 2.75) is 51.4 Å². The molecule has 4 heteroatoms. The van der Waals surface area contributed by atoms with E-state index < -0.39 is 0 Å². The molecule has 1 aromatic rings. The second kappa shape index (κ2) is 5.68. The van der Waals surface area contributed by atoms with Gasteiger partial charge in [-0.15, -0.1) is 0 Å². The smallest absolute Gasteiger partial charge is 0.225 e. The lowest BCUT2D eigenvalue weighted by molar-refractivity contribution is 0.410. The summed E-state index contributed by atoms with van der Waals surface area (Å²) < 4.78 is 0. The van der Waals surface area contributed by atoms with Crippen molar-refractivity contribution in [3.63, 3.8) is 0 Å². The number of anilines is 1. The lowest BCUT2D eigenvalue weighted by atomic mass is 9.82. The molecule has 2 aliphatic rings. The van der Waals surface area contributed by atoms with E-state index in [0.29, 0.717) is 17.8 Å². The highest BCUT2D eigenvalue weighted by molar-refractivity contribution is 5.37. The number of aromatic nitrogens is 2. The van der Waals surface area contributed by atoms with Gasteiger partial charge in [-0.2, -0.15) is 0 Å². The normalized spacial score (nSPS) is 27.4. The van der Waals surface area contributed by atoms with Crippen LogP contribution in [0.15, 0.2) is 6.20 Å². The van der Waals surface area contributed by atoms with Crippen molar-refractivity contribution in [3.8, 4) is 0 Å². The van der Waals surface area contributed by atoms with Crippen molar-refractivity contribution < 1.29 is 0 Å². The van der Waals surface area contributed by atoms with E-state index in [2.05, 4.69) is 29.9 Å². The summed E-state index contributed by atoms with van der Waals surface area (Å²) >= 11 is 0. The van der Waals surface area contributed by atoms with Crippen LogP contribution in [0.3, 0.4) is 0 Å². The molecule has 2 atom stereocenters. The minimum Gasteiger partial charge on any atom is -0.341 e. The maximum atomic E-state index is 5.76. The molecule has 0 saturated carbocycles. The van der Waals surface area contributed by atoms with E-state index in [-0.39, 0.29) is 0 Å². The van der Waals surface area contributed by atoms with Crippen LogP contribution in [0.2, 0.25) is 0 Å². The van der Waals surface area contributed by atoms with Crippen LogP contribution in [0, 0.1) is 5.92 Å². The summed E-state index contributed by atoms with van der Waals surface area (Å²) in [6.07, 6.45) is 6.93. The van der Waals surface area contributed by atoms with Gasteiger partial charge in [0, 0.05) is 19.3 Å². The van der Waals surface area contributed by atoms with Gasteiger partial charge in [0.05, 0.1) is 5.69 Å². The molecule has 1 fully saturated rings. The Bertz CT molecular complexity index is 466. The zero-order valence-corrected chi connectivity index (χ0v) is 12.7. The maximum absolute atomic E-state index is 5.76. The van der Waals surface area contributed by atoms with E-state index in [4.69, 9.17) is 10.7 Å². The summed E-state index contributed by atoms with van der Waals surface area (Å²) in [6.45, 7) is 7.49. The average molecular weight is 274 g/mol. The number of piperidine rings is 1. The van der Waals surface area contributed by atoms with Crippen LogP contribution in [0.25, 0.3) is 0 Å². The van der Waals surface area contributed by atoms with E-state index in [1.807, 2.05) is 0 Å². The van der Waals surface area contributed by atoms with Gasteiger partial charge in [0.25, 0.3) is 0 Å². The molecule has 1 aliphatic heterocycles. The molecule has 4 nitrogen and oxygen atoms in total. The van der Waals surface area contributed by atoms with Crippen molar-refractivity contribution in [2.24, 2.45) is 11.7 Å². The molecule has 3 rings (SSSR count). The zero-order chi connectivity index (χ0) is 14.1. The first kappa shape index (κ1) is 13.8. The van der Waals surface area contributed by atoms with Crippen molar-refractivity contribution in [2.75, 3.05) is 24.5 Å². The molecule has 0 amide bonds. The Morgan fingerprint density at radius 3 is 2.55 bits per heavy atom. The minimum atomic E-state index is 0.574. The van der Waals surface area contributed by atoms with Gasteiger partial charge in [-0.1, -0.05) is 13.8 Å². The molecule has 1 saturated heterocycles. The SMILES string of the molecule is CC1CCC(C)c2nc(N3CCC(CN)CC3)ncc21. The van der Waals surface area contributed by atoms with E-state index in [0.717, 1.165) is 25.6 Å². The predicted molar refractivity (Wildman–Crippen MR) is 82.1 cm³/mol. The van der Waals surface area contributed by atoms with Crippen LogP contribution in [0.1, 0.15) is 62.6 Å². The number of nitrogens with zero attached hydrogens (tertiary/aromatic N) is 3. The van der Waals surface area contributed by atoms with Crippen molar-refractivity contribution in [3.05, 3.63) is 17.5 Å². The van der Waals surface area contributed by atoms with Crippen LogP contribution < -0.4 is 10.6 Å². The molecule has 0 aromatic carbocycles. The fourth-order valence-corrected chi connectivity index (χ4v) is 3.48. The highest BCUT2D eigenvalue weighted by atomic mass is 15.3. The van der Waals surface area contributed by atoms with Crippen LogP contribution in [0.5, 0.6) is 0 Å². The van der Waals surface area contributed by atoms with Crippen LogP contribution >= 0.6 is 0 Å². The lowest BCUT2D eigenvalue weighted by Gasteiger charge is -2.33. The molecule has 110 valence electrons. The number of hydrogen-bond acceptors (Lipinski definition) is 4. The number of rotatable bonds is 2. The second-order valence-electron chi connectivity index (χ2n) is 6.56. The highest BCUT2D eigenvalue weighted by Gasteiger charge is 2.26. The van der Waals surface area contributed by atoms with Gasteiger partial charge in [-0.25, -0.2) is 9.97 Å². The quantitative estimate of drug-likeness (QED) is 0.901. The summed E-state index contributed by atoms with van der Waals surface area (Å²) in [5, 5.41) is 0. The number of fused-ring (bicyclic) bond motifs is 1. The lowest BCUT2D eigenvalue weighted by Crippen LogP contribution is -2.37. The fourth-order valence-electron chi connectivity index (χ4n) is 3.48. The summed E-state index contributed by atoms with van der Waals surface area (Å²) in [4.78, 5) is 11.9. The molecule has 0 radical (unpaired) electrons. The Morgan fingerprint density at radius 2 is 1.85 bits per heavy atom. The van der Waals surface area contributed by atoms with Gasteiger partial charge in [0.1, 0.15) is 0 Å². The van der Waals surface area contributed by atoms with E-state index in [1.165, 1.54) is 36.9 Å². The van der Waals surface area contributed by atoms with Crippen LogP contribution in [-0.4, -0.2) is 29.6 Å². The Kier molecular flexibility index (Phi) is 3.92. The maximum Gasteiger partial charge on any atom is 0.225 e. The first-order chi connectivity index (χ1) is 9.69. The standard InChI is InChI=1S/C16H26N4/c1-11-3-4-12(2)15-14(11)10-18-16(19-15)20-7-5-13(9-17)6-8-20/h10-13H,3-9,17H2,1-2H3.